The number of benzene rings is 3. The lowest BCUT2D eigenvalue weighted by molar-refractivity contribution is -0.136. The van der Waals surface area contributed by atoms with Crippen LogP contribution in [-0.2, 0) is 24.4 Å². The minimum absolute atomic E-state index is 0.118. The van der Waals surface area contributed by atoms with Gasteiger partial charge in [-0.15, -0.1) is 0 Å². The van der Waals surface area contributed by atoms with E-state index in [0.29, 0.717) is 22.4 Å². The Morgan fingerprint density at radius 1 is 1.09 bits per heavy atom. The van der Waals surface area contributed by atoms with Crippen LogP contribution in [0.5, 0.6) is 5.75 Å². The van der Waals surface area contributed by atoms with E-state index in [9.17, 15) is 9.90 Å². The van der Waals surface area contributed by atoms with Crippen molar-refractivity contribution in [1.82, 2.24) is 4.57 Å². The first kappa shape index (κ1) is 23.5. The van der Waals surface area contributed by atoms with Crippen LogP contribution in [0.3, 0.4) is 0 Å². The van der Waals surface area contributed by atoms with E-state index < -0.39 is 5.97 Å². The van der Waals surface area contributed by atoms with Crippen molar-refractivity contribution in [2.24, 2.45) is 5.73 Å². The quantitative estimate of drug-likeness (QED) is 0.338. The average molecular weight is 461 g/mol. The molecule has 0 atom stereocenters. The summed E-state index contributed by atoms with van der Waals surface area (Å²) in [6.45, 7) is 6.48. The highest BCUT2D eigenvalue weighted by atomic mass is 19.1. The van der Waals surface area contributed by atoms with Crippen molar-refractivity contribution < 1.29 is 19.0 Å². The summed E-state index contributed by atoms with van der Waals surface area (Å²) in [6.07, 6.45) is 1.90. The van der Waals surface area contributed by atoms with Crippen molar-refractivity contribution in [3.05, 3.63) is 88.9 Å². The van der Waals surface area contributed by atoms with Gasteiger partial charge in [-0.05, 0) is 61.7 Å². The van der Waals surface area contributed by atoms with Crippen LogP contribution in [0.4, 0.5) is 4.39 Å². The lowest BCUT2D eigenvalue weighted by Gasteiger charge is -2.16. The van der Waals surface area contributed by atoms with Crippen LogP contribution in [0.25, 0.3) is 22.0 Å². The highest BCUT2D eigenvalue weighted by Gasteiger charge is 2.17. The molecule has 5 nitrogen and oxygen atoms in total. The molecule has 0 aliphatic heterocycles. The Hall–Kier alpha value is -3.64. The predicted octanol–water partition coefficient (Wildman–Crippen LogP) is 6.00. The maximum Gasteiger partial charge on any atom is 0.307 e. The largest absolute Gasteiger partial charge is 0.489 e. The minimum Gasteiger partial charge on any atom is -0.489 e. The number of nitrogens with zero attached hydrogens (tertiary/aromatic N) is 1. The van der Waals surface area contributed by atoms with Gasteiger partial charge in [0.25, 0.3) is 0 Å². The van der Waals surface area contributed by atoms with E-state index in [2.05, 4.69) is 24.5 Å². The maximum atomic E-state index is 15.3. The van der Waals surface area contributed by atoms with E-state index in [0.717, 1.165) is 27.6 Å². The van der Waals surface area contributed by atoms with Gasteiger partial charge in [-0.3, -0.25) is 4.79 Å². The van der Waals surface area contributed by atoms with Gasteiger partial charge in [0, 0.05) is 46.4 Å². The fraction of sp³-hybridized carbons (Fsp3) is 0.250. The average Bonchev–Trinajstić information content (AvgIpc) is 3.23. The number of aromatic nitrogens is 1. The number of aliphatic carboxylic acids is 1. The van der Waals surface area contributed by atoms with Crippen LogP contribution in [0.15, 0.2) is 60.8 Å². The van der Waals surface area contributed by atoms with Crippen molar-refractivity contribution in [3.8, 4) is 16.9 Å². The van der Waals surface area contributed by atoms with Crippen LogP contribution >= 0.6 is 0 Å². The Bertz CT molecular complexity index is 1360. The van der Waals surface area contributed by atoms with Crippen molar-refractivity contribution in [1.29, 1.82) is 0 Å². The molecule has 0 aliphatic carbocycles. The van der Waals surface area contributed by atoms with Gasteiger partial charge in [0.1, 0.15) is 18.2 Å². The molecule has 3 N–H and O–H groups in total. The lowest BCUT2D eigenvalue weighted by atomic mass is 9.96. The molecule has 4 aromatic rings. The van der Waals surface area contributed by atoms with Crippen LogP contribution < -0.4 is 10.5 Å². The summed E-state index contributed by atoms with van der Waals surface area (Å²) < 4.78 is 23.5. The van der Waals surface area contributed by atoms with Gasteiger partial charge in [0.2, 0.25) is 0 Å². The molecule has 0 amide bonds. The molecule has 0 spiro atoms. The Morgan fingerprint density at radius 3 is 2.59 bits per heavy atom. The number of carboxylic acid groups (broad SMARTS) is 1. The molecular weight excluding hydrogens is 431 g/mol. The number of halogens is 1. The Morgan fingerprint density at radius 2 is 1.88 bits per heavy atom. The van der Waals surface area contributed by atoms with Crippen molar-refractivity contribution in [3.63, 3.8) is 0 Å². The summed E-state index contributed by atoms with van der Waals surface area (Å²) in [4.78, 5) is 11.3. The molecule has 4 rings (SSSR count). The third-order valence-corrected chi connectivity index (χ3v) is 6.00. The number of nitrogens with two attached hydrogens (primary N) is 1. The van der Waals surface area contributed by atoms with Crippen molar-refractivity contribution >= 4 is 16.9 Å². The van der Waals surface area contributed by atoms with E-state index in [1.54, 1.807) is 18.2 Å². The Labute approximate surface area is 198 Å². The number of rotatable bonds is 8. The first-order chi connectivity index (χ1) is 16.3. The van der Waals surface area contributed by atoms with Crippen LogP contribution in [-0.4, -0.2) is 15.6 Å². The third-order valence-electron chi connectivity index (χ3n) is 6.00. The van der Waals surface area contributed by atoms with Gasteiger partial charge in [-0.1, -0.05) is 30.3 Å². The molecule has 0 saturated heterocycles. The number of carbonyl (C=O) groups is 1. The SMILES string of the molecule is Cc1ccc(CC(=O)O)c(OCc2cc(-c3cccc(CN)c3F)c3ccn(C(C)C)c3c2)c1. The second-order valence-corrected chi connectivity index (χ2v) is 8.85. The zero-order chi connectivity index (χ0) is 24.4. The number of ether oxygens (including phenoxy) is 1. The lowest BCUT2D eigenvalue weighted by Crippen LogP contribution is -2.05. The summed E-state index contributed by atoms with van der Waals surface area (Å²) in [7, 11) is 0. The molecule has 0 fully saturated rings. The highest BCUT2D eigenvalue weighted by Crippen LogP contribution is 2.35. The summed E-state index contributed by atoms with van der Waals surface area (Å²) in [5, 5.41) is 10.2. The van der Waals surface area contributed by atoms with E-state index in [-0.39, 0.29) is 31.4 Å². The Balaban J connectivity index is 1.80. The van der Waals surface area contributed by atoms with Crippen LogP contribution in [0.1, 0.15) is 42.1 Å². The monoisotopic (exact) mass is 460 g/mol. The van der Waals surface area contributed by atoms with E-state index in [1.165, 1.54) is 0 Å². The molecular formula is C28H29FN2O3. The molecule has 176 valence electrons. The van der Waals surface area contributed by atoms with E-state index in [1.807, 2.05) is 43.5 Å². The Kier molecular flexibility index (Phi) is 6.70. The van der Waals surface area contributed by atoms with Gasteiger partial charge in [0.15, 0.2) is 0 Å². The molecule has 0 aliphatic rings. The smallest absolute Gasteiger partial charge is 0.307 e. The van der Waals surface area contributed by atoms with Crippen LogP contribution in [0.2, 0.25) is 0 Å². The van der Waals surface area contributed by atoms with Gasteiger partial charge in [-0.2, -0.15) is 0 Å². The van der Waals surface area contributed by atoms with E-state index >= 15 is 4.39 Å². The number of carboxylic acids is 1. The molecule has 1 aromatic heterocycles. The fourth-order valence-corrected chi connectivity index (χ4v) is 4.29. The first-order valence-electron chi connectivity index (χ1n) is 11.3. The van der Waals surface area contributed by atoms with Gasteiger partial charge in [0.05, 0.1) is 6.42 Å². The molecule has 0 saturated carbocycles. The van der Waals surface area contributed by atoms with Gasteiger partial charge >= 0.3 is 5.97 Å². The summed E-state index contributed by atoms with van der Waals surface area (Å²) in [5.74, 6) is -0.689. The fourth-order valence-electron chi connectivity index (χ4n) is 4.29. The summed E-state index contributed by atoms with van der Waals surface area (Å²) in [6, 6.07) is 17.0. The molecule has 3 aromatic carbocycles. The number of fused-ring (bicyclic) bond motifs is 1. The molecule has 6 heteroatoms. The zero-order valence-corrected chi connectivity index (χ0v) is 19.6. The highest BCUT2D eigenvalue weighted by molar-refractivity contribution is 5.96. The molecule has 0 radical (unpaired) electrons. The van der Waals surface area contributed by atoms with Gasteiger partial charge in [-0.25, -0.2) is 4.39 Å². The van der Waals surface area contributed by atoms with Crippen LogP contribution in [0, 0.1) is 12.7 Å². The topological polar surface area (TPSA) is 77.5 Å². The van der Waals surface area contributed by atoms with E-state index in [4.69, 9.17) is 10.5 Å². The normalized spacial score (nSPS) is 11.4. The number of aryl methyl sites for hydroxylation is 1. The molecule has 34 heavy (non-hydrogen) atoms. The zero-order valence-electron chi connectivity index (χ0n) is 19.6. The first-order valence-corrected chi connectivity index (χ1v) is 11.3. The summed E-state index contributed by atoms with van der Waals surface area (Å²) in [5.41, 5.74) is 10.9. The maximum absolute atomic E-state index is 15.3. The molecule has 0 bridgehead atoms. The predicted molar refractivity (Wildman–Crippen MR) is 132 cm³/mol. The molecule has 0 unspecified atom stereocenters. The van der Waals surface area contributed by atoms with Crippen molar-refractivity contribution in [2.75, 3.05) is 0 Å². The van der Waals surface area contributed by atoms with Gasteiger partial charge < -0.3 is 20.1 Å². The third kappa shape index (κ3) is 4.68. The second kappa shape index (κ2) is 9.69. The number of hydrogen-bond acceptors (Lipinski definition) is 3. The summed E-state index contributed by atoms with van der Waals surface area (Å²) >= 11 is 0. The molecule has 1 heterocycles. The van der Waals surface area contributed by atoms with Crippen molar-refractivity contribution in [2.45, 2.75) is 46.4 Å². The second-order valence-electron chi connectivity index (χ2n) is 8.85. The number of hydrogen-bond donors (Lipinski definition) is 2. The standard InChI is InChI=1S/C28H29FN2O3/c1-17(2)31-10-9-22-24(23-6-4-5-21(15-30)28(23)29)12-19(13-25(22)31)16-34-26-11-18(3)7-8-20(26)14-27(32)33/h4-13,17H,14-16,30H2,1-3H3,(H,32,33). The minimum atomic E-state index is -0.914.